The van der Waals surface area contributed by atoms with E-state index in [1.807, 2.05) is 0 Å². The van der Waals surface area contributed by atoms with Crippen molar-refractivity contribution in [1.29, 1.82) is 0 Å². The summed E-state index contributed by atoms with van der Waals surface area (Å²) in [7, 11) is 1.69. The van der Waals surface area contributed by atoms with Crippen molar-refractivity contribution in [3.63, 3.8) is 0 Å². The number of carbonyl (C=O) groups is 2. The molecule has 1 saturated heterocycles. The molecule has 1 aromatic rings. The first-order chi connectivity index (χ1) is 9.56. The molecular weight excluding hydrogens is 264 g/mol. The maximum Gasteiger partial charge on any atom is 0.331 e. The quantitative estimate of drug-likeness (QED) is 0.722. The molecule has 2 amide bonds. The third-order valence-corrected chi connectivity index (χ3v) is 3.14. The van der Waals surface area contributed by atoms with Crippen LogP contribution >= 0.6 is 0 Å². The van der Waals surface area contributed by atoms with Gasteiger partial charge in [0.2, 0.25) is 0 Å². The van der Waals surface area contributed by atoms with Gasteiger partial charge in [-0.25, -0.2) is 9.59 Å². The van der Waals surface area contributed by atoms with Crippen molar-refractivity contribution in [3.8, 4) is 0 Å². The summed E-state index contributed by atoms with van der Waals surface area (Å²) >= 11 is 0. The Hall–Kier alpha value is -2.09. The third kappa shape index (κ3) is 3.70. The molecular formula is C12H18N4O4. The lowest BCUT2D eigenvalue weighted by Crippen LogP contribution is -2.46. The largest absolute Gasteiger partial charge is 0.479 e. The van der Waals surface area contributed by atoms with Crippen LogP contribution < -0.4 is 10.6 Å². The second-order valence-corrected chi connectivity index (χ2v) is 4.72. The van der Waals surface area contributed by atoms with Crippen LogP contribution in [0.3, 0.4) is 0 Å². The smallest absolute Gasteiger partial charge is 0.331 e. The molecule has 8 heteroatoms. The standard InChI is InChI=1S/C12H18N4O4/c1-16-7-8(6-13-16)10(11(17)18)15-12(19)14-9-2-4-20-5-3-9/h6-7,9-10H,2-5H2,1H3,(H,17,18)(H2,14,15,19). The number of amides is 2. The molecule has 0 spiro atoms. The number of hydrogen-bond acceptors (Lipinski definition) is 4. The van der Waals surface area contributed by atoms with Crippen LogP contribution in [0.5, 0.6) is 0 Å². The molecule has 1 atom stereocenters. The lowest BCUT2D eigenvalue weighted by atomic mass is 10.1. The van der Waals surface area contributed by atoms with E-state index in [9.17, 15) is 14.7 Å². The zero-order valence-corrected chi connectivity index (χ0v) is 11.2. The molecule has 1 fully saturated rings. The van der Waals surface area contributed by atoms with Gasteiger partial charge in [0.05, 0.1) is 6.20 Å². The van der Waals surface area contributed by atoms with Crippen LogP contribution in [-0.2, 0) is 16.6 Å². The SMILES string of the molecule is Cn1cc(C(NC(=O)NC2CCOCC2)C(=O)O)cn1. The maximum absolute atomic E-state index is 11.9. The molecule has 2 heterocycles. The molecule has 20 heavy (non-hydrogen) atoms. The zero-order chi connectivity index (χ0) is 14.5. The van der Waals surface area contributed by atoms with Crippen LogP contribution in [0.1, 0.15) is 24.4 Å². The number of carboxylic acids is 1. The highest BCUT2D eigenvalue weighted by Crippen LogP contribution is 2.12. The second kappa shape index (κ2) is 6.38. The Kier molecular flexibility index (Phi) is 4.57. The van der Waals surface area contributed by atoms with Gasteiger partial charge >= 0.3 is 12.0 Å². The summed E-state index contributed by atoms with van der Waals surface area (Å²) in [6, 6.07) is -1.58. The monoisotopic (exact) mass is 282 g/mol. The van der Waals surface area contributed by atoms with Crippen LogP contribution in [0, 0.1) is 0 Å². The Labute approximate surface area is 116 Å². The van der Waals surface area contributed by atoms with E-state index in [2.05, 4.69) is 15.7 Å². The summed E-state index contributed by atoms with van der Waals surface area (Å²) in [6.07, 6.45) is 4.46. The summed E-state index contributed by atoms with van der Waals surface area (Å²) in [6.45, 7) is 1.21. The number of rotatable bonds is 4. The van der Waals surface area contributed by atoms with E-state index < -0.39 is 18.0 Å². The van der Waals surface area contributed by atoms with Crippen molar-refractivity contribution in [2.24, 2.45) is 7.05 Å². The van der Waals surface area contributed by atoms with Gasteiger partial charge in [0.1, 0.15) is 0 Å². The average molecular weight is 282 g/mol. The van der Waals surface area contributed by atoms with E-state index in [0.29, 0.717) is 18.8 Å². The van der Waals surface area contributed by atoms with Gasteiger partial charge in [-0.15, -0.1) is 0 Å². The van der Waals surface area contributed by atoms with Crippen molar-refractivity contribution in [2.75, 3.05) is 13.2 Å². The molecule has 1 unspecified atom stereocenters. The highest BCUT2D eigenvalue weighted by atomic mass is 16.5. The fraction of sp³-hybridized carbons (Fsp3) is 0.583. The number of aryl methyl sites for hydroxylation is 1. The van der Waals surface area contributed by atoms with Gasteiger partial charge < -0.3 is 20.5 Å². The summed E-state index contributed by atoms with van der Waals surface area (Å²) < 4.78 is 6.69. The van der Waals surface area contributed by atoms with Gasteiger partial charge in [-0.2, -0.15) is 5.10 Å². The molecule has 0 radical (unpaired) electrons. The third-order valence-electron chi connectivity index (χ3n) is 3.14. The van der Waals surface area contributed by atoms with Crippen LogP contribution in [0.4, 0.5) is 4.79 Å². The average Bonchev–Trinajstić information content (AvgIpc) is 2.83. The van der Waals surface area contributed by atoms with Crippen molar-refractivity contribution in [1.82, 2.24) is 20.4 Å². The van der Waals surface area contributed by atoms with Crippen molar-refractivity contribution in [3.05, 3.63) is 18.0 Å². The maximum atomic E-state index is 11.9. The van der Waals surface area contributed by atoms with E-state index >= 15 is 0 Å². The molecule has 0 aliphatic carbocycles. The first-order valence-electron chi connectivity index (χ1n) is 6.42. The predicted molar refractivity (Wildman–Crippen MR) is 69.1 cm³/mol. The molecule has 2 rings (SSSR count). The first-order valence-corrected chi connectivity index (χ1v) is 6.42. The minimum Gasteiger partial charge on any atom is -0.479 e. The van der Waals surface area contributed by atoms with Crippen molar-refractivity contribution in [2.45, 2.75) is 24.9 Å². The first kappa shape index (κ1) is 14.3. The molecule has 0 aromatic carbocycles. The fourth-order valence-corrected chi connectivity index (χ4v) is 2.08. The lowest BCUT2D eigenvalue weighted by Gasteiger charge is -2.24. The van der Waals surface area contributed by atoms with Crippen LogP contribution in [0.25, 0.3) is 0 Å². The molecule has 0 bridgehead atoms. The second-order valence-electron chi connectivity index (χ2n) is 4.72. The topological polar surface area (TPSA) is 105 Å². The fourth-order valence-electron chi connectivity index (χ4n) is 2.08. The summed E-state index contributed by atoms with van der Waals surface area (Å²) in [5.41, 5.74) is 0.433. The van der Waals surface area contributed by atoms with Gasteiger partial charge in [0.25, 0.3) is 0 Å². The molecule has 3 N–H and O–H groups in total. The Morgan fingerprint density at radius 3 is 2.75 bits per heavy atom. The number of ether oxygens (including phenoxy) is 1. The highest BCUT2D eigenvalue weighted by molar-refractivity contribution is 5.83. The van der Waals surface area contributed by atoms with E-state index in [1.54, 1.807) is 13.2 Å². The number of urea groups is 1. The van der Waals surface area contributed by atoms with Crippen LogP contribution in [0.15, 0.2) is 12.4 Å². The Morgan fingerprint density at radius 1 is 1.50 bits per heavy atom. The van der Waals surface area contributed by atoms with Gasteiger partial charge in [0.15, 0.2) is 6.04 Å². The van der Waals surface area contributed by atoms with E-state index in [0.717, 1.165) is 12.8 Å². The summed E-state index contributed by atoms with van der Waals surface area (Å²) in [4.78, 5) is 23.1. The van der Waals surface area contributed by atoms with Gasteiger partial charge in [0, 0.05) is 38.1 Å². The summed E-state index contributed by atoms with van der Waals surface area (Å²) in [5.74, 6) is -1.12. The van der Waals surface area contributed by atoms with E-state index in [4.69, 9.17) is 4.74 Å². The normalized spacial score (nSPS) is 17.4. The minimum atomic E-state index is -1.12. The molecule has 0 saturated carbocycles. The number of hydrogen-bond donors (Lipinski definition) is 3. The number of carboxylic acid groups (broad SMARTS) is 1. The zero-order valence-electron chi connectivity index (χ0n) is 11.2. The predicted octanol–water partition coefficient (Wildman–Crippen LogP) is 0.0240. The highest BCUT2D eigenvalue weighted by Gasteiger charge is 2.25. The molecule has 1 aliphatic rings. The summed E-state index contributed by atoms with van der Waals surface area (Å²) in [5, 5.41) is 18.3. The molecule has 1 aliphatic heterocycles. The Morgan fingerprint density at radius 2 is 2.20 bits per heavy atom. The van der Waals surface area contributed by atoms with Crippen LogP contribution in [0.2, 0.25) is 0 Å². The molecule has 110 valence electrons. The van der Waals surface area contributed by atoms with Crippen LogP contribution in [-0.4, -0.2) is 46.1 Å². The number of nitrogens with zero attached hydrogens (tertiary/aromatic N) is 2. The number of nitrogens with one attached hydrogen (secondary N) is 2. The van der Waals surface area contributed by atoms with Crippen molar-refractivity contribution < 1.29 is 19.4 Å². The number of aliphatic carboxylic acids is 1. The van der Waals surface area contributed by atoms with Crippen molar-refractivity contribution >= 4 is 12.0 Å². The molecule has 8 nitrogen and oxygen atoms in total. The van der Waals surface area contributed by atoms with E-state index in [-0.39, 0.29) is 6.04 Å². The minimum absolute atomic E-state index is 0.0205. The Bertz CT molecular complexity index is 482. The molecule has 1 aromatic heterocycles. The van der Waals surface area contributed by atoms with Gasteiger partial charge in [-0.05, 0) is 12.8 Å². The van der Waals surface area contributed by atoms with Gasteiger partial charge in [-0.3, -0.25) is 4.68 Å². The lowest BCUT2D eigenvalue weighted by molar-refractivity contribution is -0.139. The number of carbonyl (C=O) groups excluding carboxylic acids is 1. The van der Waals surface area contributed by atoms with Gasteiger partial charge in [-0.1, -0.05) is 0 Å². The number of aromatic nitrogens is 2. The Balaban J connectivity index is 1.94. The van der Waals surface area contributed by atoms with E-state index in [1.165, 1.54) is 10.9 Å².